The summed E-state index contributed by atoms with van der Waals surface area (Å²) in [4.78, 5) is 8.56. The number of alkyl halides is 3. The summed E-state index contributed by atoms with van der Waals surface area (Å²) < 4.78 is 45.8. The van der Waals surface area contributed by atoms with Crippen molar-refractivity contribution in [2.75, 3.05) is 20.0 Å². The maximum Gasteiger partial charge on any atom is 0.503 e. The molecule has 0 bridgehead atoms. The van der Waals surface area contributed by atoms with Gasteiger partial charge in [0.2, 0.25) is 0 Å². The summed E-state index contributed by atoms with van der Waals surface area (Å²) in [5, 5.41) is 13.9. The van der Waals surface area contributed by atoms with Gasteiger partial charge in [-0.15, -0.1) is 0 Å². The highest BCUT2D eigenvalue weighted by molar-refractivity contribution is 5.53. The Morgan fingerprint density at radius 3 is 1.38 bits per heavy atom. The van der Waals surface area contributed by atoms with E-state index in [2.05, 4.69) is 0 Å². The van der Waals surface area contributed by atoms with E-state index in [1.165, 1.54) is 0 Å². The lowest BCUT2D eigenvalue weighted by Crippen LogP contribution is -1.93. The third-order valence-corrected chi connectivity index (χ3v) is 0.824. The fourth-order valence-electron chi connectivity index (χ4n) is 0.275. The number of hydrogen-bond acceptors (Lipinski definition) is 1. The lowest BCUT2D eigenvalue weighted by atomic mass is 10.3. The quantitative estimate of drug-likeness (QED) is 0.693. The number of halogens is 4. The van der Waals surface area contributed by atoms with E-state index in [-0.39, 0.29) is 0 Å². The Morgan fingerprint density at radius 2 is 1.31 bits per heavy atom. The van der Waals surface area contributed by atoms with Crippen molar-refractivity contribution >= 4 is 6.16 Å². The van der Waals surface area contributed by atoms with Gasteiger partial charge < -0.3 is 10.2 Å². The largest absolute Gasteiger partial charge is 0.503 e. The molecular formula is C6H8F4O3. The van der Waals surface area contributed by atoms with Crippen LogP contribution in [0, 0.1) is 0 Å². The molecule has 0 aromatic carbocycles. The fraction of sp³-hybridized carbons (Fsp3) is 0.500. The van der Waals surface area contributed by atoms with Gasteiger partial charge in [0.15, 0.2) is 0 Å². The Balaban J connectivity index is 0. The van der Waals surface area contributed by atoms with E-state index in [0.29, 0.717) is 0 Å². The topological polar surface area (TPSA) is 57.5 Å². The molecule has 0 aliphatic heterocycles. The highest BCUT2D eigenvalue weighted by atomic mass is 19.2. The van der Waals surface area contributed by atoms with E-state index in [1.807, 2.05) is 0 Å². The molecule has 13 heavy (non-hydrogen) atoms. The molecule has 0 rings (SSSR count). The van der Waals surface area contributed by atoms with Crippen LogP contribution in [-0.2, 0) is 0 Å². The van der Waals surface area contributed by atoms with E-state index < -0.39 is 37.6 Å². The van der Waals surface area contributed by atoms with Crippen LogP contribution in [0.5, 0.6) is 0 Å². The molecule has 0 radical (unpaired) electrons. The average molecular weight is 204 g/mol. The Morgan fingerprint density at radius 1 is 1.00 bits per heavy atom. The minimum atomic E-state index is -1.83. The van der Waals surface area contributed by atoms with Crippen LogP contribution in [-0.4, -0.2) is 36.4 Å². The van der Waals surface area contributed by atoms with Gasteiger partial charge >= 0.3 is 6.16 Å². The number of rotatable bonds is 3. The number of carbonyl (C=O) groups is 1. The summed E-state index contributed by atoms with van der Waals surface area (Å²) in [5.41, 5.74) is -0.738. The Labute approximate surface area is 71.3 Å². The Kier molecular flexibility index (Phi) is 9.68. The summed E-state index contributed by atoms with van der Waals surface area (Å²) in [6.07, 6.45) is -1.83. The smallest absolute Gasteiger partial charge is 0.450 e. The van der Waals surface area contributed by atoms with Crippen LogP contribution in [0.15, 0.2) is 11.4 Å². The van der Waals surface area contributed by atoms with Gasteiger partial charge in [-0.3, -0.25) is 0 Å². The van der Waals surface area contributed by atoms with Gasteiger partial charge in [-0.05, 0) is 0 Å². The van der Waals surface area contributed by atoms with Crippen molar-refractivity contribution in [2.45, 2.75) is 0 Å². The second-order valence-electron chi connectivity index (χ2n) is 1.69. The van der Waals surface area contributed by atoms with Gasteiger partial charge in [0.25, 0.3) is 0 Å². The zero-order chi connectivity index (χ0) is 10.9. The van der Waals surface area contributed by atoms with Crippen LogP contribution in [0.25, 0.3) is 0 Å². The van der Waals surface area contributed by atoms with Crippen LogP contribution < -0.4 is 0 Å². The molecule has 0 amide bonds. The minimum Gasteiger partial charge on any atom is -0.450 e. The maximum atomic E-state index is 11.8. The first-order valence-electron chi connectivity index (χ1n) is 2.95. The summed E-state index contributed by atoms with van der Waals surface area (Å²) in [5.74, 6) is -1.33. The summed E-state index contributed by atoms with van der Waals surface area (Å²) in [7, 11) is 0. The molecule has 0 unspecified atom stereocenters. The Bertz CT molecular complexity index is 171. The van der Waals surface area contributed by atoms with E-state index in [1.54, 1.807) is 0 Å². The monoisotopic (exact) mass is 204 g/mol. The third kappa shape index (κ3) is 10.7. The molecule has 0 aromatic heterocycles. The van der Waals surface area contributed by atoms with Crippen LogP contribution in [0.3, 0.4) is 0 Å². The first-order chi connectivity index (χ1) is 5.99. The van der Waals surface area contributed by atoms with Crippen LogP contribution in [0.4, 0.5) is 22.4 Å². The van der Waals surface area contributed by atoms with Gasteiger partial charge in [0, 0.05) is 5.57 Å². The molecule has 0 fully saturated rings. The predicted octanol–water partition coefficient (Wildman–Crippen LogP) is 2.34. The summed E-state index contributed by atoms with van der Waals surface area (Å²) in [6, 6.07) is 0. The van der Waals surface area contributed by atoms with E-state index in [9.17, 15) is 17.6 Å². The average Bonchev–Trinajstić information content (AvgIpc) is 2.05. The number of allylic oxidation sites excluding steroid dienone is 2. The highest BCUT2D eigenvalue weighted by Crippen LogP contribution is 2.07. The van der Waals surface area contributed by atoms with Gasteiger partial charge in [-0.1, -0.05) is 0 Å². The van der Waals surface area contributed by atoms with Crippen molar-refractivity contribution in [2.24, 2.45) is 0 Å². The summed E-state index contributed by atoms with van der Waals surface area (Å²) >= 11 is 0. The molecule has 0 saturated heterocycles. The molecule has 0 aliphatic carbocycles. The summed E-state index contributed by atoms with van der Waals surface area (Å²) in [6.45, 7) is -3.94. The Hall–Kier alpha value is -1.27. The minimum absolute atomic E-state index is 0.738. The second-order valence-corrected chi connectivity index (χ2v) is 1.69. The van der Waals surface area contributed by atoms with Crippen molar-refractivity contribution in [1.82, 2.24) is 0 Å². The first-order valence-corrected chi connectivity index (χ1v) is 2.95. The molecule has 78 valence electrons. The van der Waals surface area contributed by atoms with Crippen molar-refractivity contribution in [3.05, 3.63) is 11.4 Å². The van der Waals surface area contributed by atoms with Crippen molar-refractivity contribution in [3.8, 4) is 0 Å². The van der Waals surface area contributed by atoms with Crippen molar-refractivity contribution in [3.63, 3.8) is 0 Å². The zero-order valence-electron chi connectivity index (χ0n) is 6.44. The fourth-order valence-corrected chi connectivity index (χ4v) is 0.275. The molecule has 2 N–H and O–H groups in total. The van der Waals surface area contributed by atoms with E-state index in [0.717, 1.165) is 0 Å². The number of hydrogen-bond donors (Lipinski definition) is 2. The lowest BCUT2D eigenvalue weighted by Gasteiger charge is -1.94. The van der Waals surface area contributed by atoms with Gasteiger partial charge in [-0.25, -0.2) is 22.4 Å². The zero-order valence-corrected chi connectivity index (χ0v) is 6.44. The third-order valence-electron chi connectivity index (χ3n) is 0.824. The van der Waals surface area contributed by atoms with Crippen LogP contribution in [0.2, 0.25) is 0 Å². The standard InChI is InChI=1S/C5H6F4.CH2O3/c6-1-4(2-7)5(9)3-8;2-1(3)4/h1-3H2;(H2,2,3,4). The van der Waals surface area contributed by atoms with E-state index in [4.69, 9.17) is 15.0 Å². The van der Waals surface area contributed by atoms with Gasteiger partial charge in [-0.2, -0.15) is 0 Å². The molecule has 0 aliphatic rings. The van der Waals surface area contributed by atoms with Crippen LogP contribution >= 0.6 is 0 Å². The second kappa shape index (κ2) is 8.82. The normalized spacial score (nSPS) is 8.31. The predicted molar refractivity (Wildman–Crippen MR) is 36.7 cm³/mol. The molecule has 0 aromatic rings. The maximum absolute atomic E-state index is 11.8. The molecular weight excluding hydrogens is 196 g/mol. The number of carboxylic acid groups (broad SMARTS) is 2. The van der Waals surface area contributed by atoms with Gasteiger partial charge in [0.05, 0.1) is 0 Å². The van der Waals surface area contributed by atoms with Crippen molar-refractivity contribution in [1.29, 1.82) is 0 Å². The lowest BCUT2D eigenvalue weighted by molar-refractivity contribution is 0.137. The van der Waals surface area contributed by atoms with Crippen LogP contribution in [0.1, 0.15) is 0 Å². The molecule has 7 heteroatoms. The molecule has 3 nitrogen and oxygen atoms in total. The highest BCUT2D eigenvalue weighted by Gasteiger charge is 2.04. The molecule has 0 spiro atoms. The van der Waals surface area contributed by atoms with Crippen molar-refractivity contribution < 1.29 is 32.6 Å². The SMILES string of the molecule is FCC(F)=C(CF)CF.O=C(O)O. The van der Waals surface area contributed by atoms with Gasteiger partial charge in [0.1, 0.15) is 25.9 Å². The molecule has 0 heterocycles. The molecule has 0 atom stereocenters. The first kappa shape index (κ1) is 14.3. The van der Waals surface area contributed by atoms with E-state index >= 15 is 0 Å². The molecule has 0 saturated carbocycles.